The lowest BCUT2D eigenvalue weighted by Crippen LogP contribution is -1.89. The molecule has 21 heavy (non-hydrogen) atoms. The summed E-state index contributed by atoms with van der Waals surface area (Å²) in [5.74, 6) is 0.587. The van der Waals surface area contributed by atoms with E-state index in [1.807, 2.05) is 24.3 Å². The molecular formula is C21H26. The Morgan fingerprint density at radius 2 is 1.38 bits per heavy atom. The van der Waals surface area contributed by atoms with Gasteiger partial charge in [0.05, 0.1) is 0 Å². The minimum Gasteiger partial charge on any atom is -0.0985 e. The van der Waals surface area contributed by atoms with Gasteiger partial charge in [-0.05, 0) is 34.6 Å². The number of hydrogen-bond acceptors (Lipinski definition) is 0. The number of benzene rings is 2. The molecule has 0 radical (unpaired) electrons. The average Bonchev–Trinajstić information content (AvgIpc) is 2.55. The van der Waals surface area contributed by atoms with E-state index in [-0.39, 0.29) is 0 Å². The quantitative estimate of drug-likeness (QED) is 0.611. The lowest BCUT2D eigenvalue weighted by atomic mass is 9.97. The maximum Gasteiger partial charge on any atom is -0.0213 e. The summed E-state index contributed by atoms with van der Waals surface area (Å²) >= 11 is 0. The first-order valence-electron chi connectivity index (χ1n) is 7.55. The largest absolute Gasteiger partial charge is 0.0985 e. The summed E-state index contributed by atoms with van der Waals surface area (Å²) < 4.78 is 0. The smallest absolute Gasteiger partial charge is 0.0213 e. The van der Waals surface area contributed by atoms with E-state index >= 15 is 0 Å². The number of hydrogen-bond donors (Lipinski definition) is 0. The monoisotopic (exact) mass is 278 g/mol. The van der Waals surface area contributed by atoms with Crippen molar-refractivity contribution in [3.8, 4) is 0 Å². The van der Waals surface area contributed by atoms with Crippen LogP contribution in [0.5, 0.6) is 0 Å². The van der Waals surface area contributed by atoms with Crippen LogP contribution in [0.4, 0.5) is 0 Å². The normalized spacial score (nSPS) is 9.71. The van der Waals surface area contributed by atoms with Crippen molar-refractivity contribution in [3.05, 3.63) is 83.9 Å². The van der Waals surface area contributed by atoms with Crippen molar-refractivity contribution in [2.75, 3.05) is 0 Å². The minimum absolute atomic E-state index is 0.587. The molecule has 2 aromatic carbocycles. The molecule has 2 aromatic rings. The van der Waals surface area contributed by atoms with Crippen LogP contribution in [0.15, 0.2) is 61.7 Å². The Labute approximate surface area is 129 Å². The highest BCUT2D eigenvalue weighted by Gasteiger charge is 2.01. The van der Waals surface area contributed by atoms with Crippen molar-refractivity contribution in [2.45, 2.75) is 33.1 Å². The van der Waals surface area contributed by atoms with Gasteiger partial charge in [0, 0.05) is 0 Å². The second kappa shape index (κ2) is 8.97. The van der Waals surface area contributed by atoms with E-state index in [0.717, 1.165) is 6.42 Å². The van der Waals surface area contributed by atoms with Crippen LogP contribution in [0.2, 0.25) is 0 Å². The highest BCUT2D eigenvalue weighted by molar-refractivity contribution is 5.52. The molecule has 0 unspecified atom stereocenters. The molecule has 0 spiro atoms. The van der Waals surface area contributed by atoms with Crippen LogP contribution in [-0.4, -0.2) is 0 Å². The molecule has 0 aliphatic heterocycles. The van der Waals surface area contributed by atoms with Crippen molar-refractivity contribution in [3.63, 3.8) is 0 Å². The predicted molar refractivity (Wildman–Crippen MR) is 96.5 cm³/mol. The molecule has 110 valence electrons. The molecule has 0 saturated heterocycles. The van der Waals surface area contributed by atoms with Crippen molar-refractivity contribution in [1.82, 2.24) is 0 Å². The fourth-order valence-electron chi connectivity index (χ4n) is 2.28. The van der Waals surface area contributed by atoms with E-state index < -0.39 is 0 Å². The molecule has 0 heterocycles. The zero-order valence-electron chi connectivity index (χ0n) is 13.5. The van der Waals surface area contributed by atoms with Crippen LogP contribution in [0, 0.1) is 0 Å². The highest BCUT2D eigenvalue weighted by atomic mass is 14.1. The third kappa shape index (κ3) is 5.07. The molecule has 0 aromatic heterocycles. The van der Waals surface area contributed by atoms with E-state index in [0.29, 0.717) is 5.92 Å². The van der Waals surface area contributed by atoms with Gasteiger partial charge in [-0.1, -0.05) is 94.6 Å². The van der Waals surface area contributed by atoms with Gasteiger partial charge in [-0.15, -0.1) is 0 Å². The Morgan fingerprint density at radius 3 is 1.81 bits per heavy atom. The molecule has 2 rings (SSSR count). The summed E-state index contributed by atoms with van der Waals surface area (Å²) in [5.41, 5.74) is 5.26. The maximum atomic E-state index is 3.77. The van der Waals surface area contributed by atoms with Crippen LogP contribution in [0.25, 0.3) is 12.2 Å². The van der Waals surface area contributed by atoms with E-state index in [4.69, 9.17) is 0 Å². The van der Waals surface area contributed by atoms with Crippen LogP contribution in [0.1, 0.15) is 48.9 Å². The first kappa shape index (κ1) is 17.0. The molecule has 0 aliphatic carbocycles. The van der Waals surface area contributed by atoms with E-state index in [2.05, 4.69) is 70.3 Å². The Bertz CT molecular complexity index is 576. The third-order valence-electron chi connectivity index (χ3n) is 3.49. The zero-order valence-corrected chi connectivity index (χ0v) is 13.5. The first-order valence-corrected chi connectivity index (χ1v) is 7.55. The summed E-state index contributed by atoms with van der Waals surface area (Å²) in [6.07, 6.45) is 4.90. The topological polar surface area (TPSA) is 0 Å². The zero-order chi connectivity index (χ0) is 15.7. The molecule has 0 N–H and O–H groups in total. The summed E-state index contributed by atoms with van der Waals surface area (Å²) in [6, 6.07) is 16.7. The Kier molecular flexibility index (Phi) is 7.25. The van der Waals surface area contributed by atoms with Gasteiger partial charge in [0.15, 0.2) is 0 Å². The van der Waals surface area contributed by atoms with Crippen LogP contribution < -0.4 is 0 Å². The van der Waals surface area contributed by atoms with Crippen LogP contribution >= 0.6 is 0 Å². The van der Waals surface area contributed by atoms with Gasteiger partial charge in [-0.2, -0.15) is 0 Å². The predicted octanol–water partition coefficient (Wildman–Crippen LogP) is 6.35. The Morgan fingerprint density at radius 1 is 0.857 bits per heavy atom. The first-order chi connectivity index (χ1) is 10.1. The molecular weight excluding hydrogens is 252 g/mol. The third-order valence-corrected chi connectivity index (χ3v) is 3.49. The summed E-state index contributed by atoms with van der Waals surface area (Å²) in [4.78, 5) is 0. The lowest BCUT2D eigenvalue weighted by Gasteiger charge is -2.08. The van der Waals surface area contributed by atoms with E-state index in [1.54, 1.807) is 0 Å². The highest BCUT2D eigenvalue weighted by Crippen LogP contribution is 2.19. The summed E-state index contributed by atoms with van der Waals surface area (Å²) in [5, 5.41) is 0. The fraction of sp³-hybridized carbons (Fsp3) is 0.238. The van der Waals surface area contributed by atoms with Gasteiger partial charge in [0.25, 0.3) is 0 Å². The molecule has 0 atom stereocenters. The molecule has 0 fully saturated rings. The van der Waals surface area contributed by atoms with Crippen molar-refractivity contribution < 1.29 is 0 Å². The Hall–Kier alpha value is -2.08. The molecule has 0 aliphatic rings. The molecule has 0 nitrogen and oxygen atoms in total. The molecule has 0 heteroatoms. The van der Waals surface area contributed by atoms with Crippen LogP contribution in [-0.2, 0) is 6.42 Å². The molecule has 0 saturated carbocycles. The fourth-order valence-corrected chi connectivity index (χ4v) is 2.28. The SMILES string of the molecule is C=Cc1ccccc1C(C)C.C=Cc1ccccc1CC. The Balaban J connectivity index is 0.000000211. The minimum atomic E-state index is 0.587. The van der Waals surface area contributed by atoms with Crippen LogP contribution in [0.3, 0.4) is 0 Å². The summed E-state index contributed by atoms with van der Waals surface area (Å²) in [6.45, 7) is 14.1. The number of aryl methyl sites for hydroxylation is 1. The van der Waals surface area contributed by atoms with Crippen molar-refractivity contribution >= 4 is 12.2 Å². The van der Waals surface area contributed by atoms with E-state index in [9.17, 15) is 0 Å². The van der Waals surface area contributed by atoms with Gasteiger partial charge in [-0.3, -0.25) is 0 Å². The number of rotatable bonds is 4. The van der Waals surface area contributed by atoms with Gasteiger partial charge in [-0.25, -0.2) is 0 Å². The van der Waals surface area contributed by atoms with Gasteiger partial charge in [0.1, 0.15) is 0 Å². The lowest BCUT2D eigenvalue weighted by molar-refractivity contribution is 0.864. The van der Waals surface area contributed by atoms with Crippen molar-refractivity contribution in [2.24, 2.45) is 0 Å². The van der Waals surface area contributed by atoms with Crippen molar-refractivity contribution in [1.29, 1.82) is 0 Å². The summed E-state index contributed by atoms with van der Waals surface area (Å²) in [7, 11) is 0. The average molecular weight is 278 g/mol. The van der Waals surface area contributed by atoms with Gasteiger partial charge >= 0.3 is 0 Å². The molecule has 0 bridgehead atoms. The standard InChI is InChI=1S/C11H14.C10H12/c1-4-10-7-5-6-8-11(10)9(2)3;1-3-9-7-5-6-8-10(9)4-2/h4-9H,1H2,2-3H3;3,5-8H,1,4H2,2H3. The van der Waals surface area contributed by atoms with Gasteiger partial charge < -0.3 is 0 Å². The maximum absolute atomic E-state index is 3.77. The molecule has 0 amide bonds. The van der Waals surface area contributed by atoms with E-state index in [1.165, 1.54) is 22.3 Å². The van der Waals surface area contributed by atoms with Gasteiger partial charge in [0.2, 0.25) is 0 Å². The second-order valence-corrected chi connectivity index (χ2v) is 5.24. The second-order valence-electron chi connectivity index (χ2n) is 5.24.